The van der Waals surface area contributed by atoms with E-state index in [2.05, 4.69) is 9.84 Å². The maximum absolute atomic E-state index is 12.5. The van der Waals surface area contributed by atoms with Crippen molar-refractivity contribution < 1.29 is 17.9 Å². The molecule has 0 unspecified atom stereocenters. The Morgan fingerprint density at radius 3 is 2.22 bits per heavy atom. The van der Waals surface area contributed by atoms with Gasteiger partial charge in [-0.2, -0.15) is 9.78 Å². The molecule has 0 N–H and O–H groups in total. The van der Waals surface area contributed by atoms with E-state index >= 15 is 0 Å². The molecule has 118 valence electrons. The molecule has 7 heteroatoms. The molecule has 0 radical (unpaired) electrons. The zero-order chi connectivity index (χ0) is 16.6. The second-order valence-electron chi connectivity index (χ2n) is 4.89. The summed E-state index contributed by atoms with van der Waals surface area (Å²) in [5, 5.41) is 5.45. The largest absolute Gasteiger partial charge is 0.573 e. The molecule has 0 bridgehead atoms. The van der Waals surface area contributed by atoms with Crippen molar-refractivity contribution in [3.63, 3.8) is 0 Å². The van der Waals surface area contributed by atoms with Crippen molar-refractivity contribution in [2.24, 2.45) is 0 Å². The minimum atomic E-state index is -4.75. The van der Waals surface area contributed by atoms with Crippen molar-refractivity contribution in [3.8, 4) is 11.4 Å². The number of alkyl halides is 3. The van der Waals surface area contributed by atoms with Crippen LogP contribution in [0.4, 0.5) is 13.2 Å². The van der Waals surface area contributed by atoms with Crippen LogP contribution in [0, 0.1) is 6.92 Å². The van der Waals surface area contributed by atoms with Crippen LogP contribution in [0.5, 0.6) is 5.75 Å². The molecule has 0 aliphatic heterocycles. The molecule has 4 nitrogen and oxygen atoms in total. The molecule has 0 spiro atoms. The van der Waals surface area contributed by atoms with Gasteiger partial charge in [0.25, 0.3) is 5.56 Å². The topological polar surface area (TPSA) is 44.1 Å². The van der Waals surface area contributed by atoms with Gasteiger partial charge in [0.05, 0.1) is 16.8 Å². The number of hydrogen-bond acceptors (Lipinski definition) is 3. The Morgan fingerprint density at radius 1 is 1.00 bits per heavy atom. The van der Waals surface area contributed by atoms with Crippen LogP contribution < -0.4 is 10.3 Å². The summed E-state index contributed by atoms with van der Waals surface area (Å²) < 4.78 is 41.5. The van der Waals surface area contributed by atoms with Crippen molar-refractivity contribution >= 4 is 10.8 Å². The van der Waals surface area contributed by atoms with Gasteiger partial charge in [-0.15, -0.1) is 13.2 Å². The highest BCUT2D eigenvalue weighted by molar-refractivity contribution is 5.83. The number of hydrogen-bond donors (Lipinski definition) is 0. The van der Waals surface area contributed by atoms with Crippen LogP contribution in [-0.2, 0) is 0 Å². The van der Waals surface area contributed by atoms with Gasteiger partial charge >= 0.3 is 6.36 Å². The molecule has 3 aromatic rings. The molecular weight excluding hydrogens is 309 g/mol. The van der Waals surface area contributed by atoms with Crippen LogP contribution in [-0.4, -0.2) is 16.1 Å². The average molecular weight is 320 g/mol. The summed E-state index contributed by atoms with van der Waals surface area (Å²) in [6, 6.07) is 12.0. The minimum Gasteiger partial charge on any atom is -0.406 e. The van der Waals surface area contributed by atoms with Crippen LogP contribution >= 0.6 is 0 Å². The third-order valence-corrected chi connectivity index (χ3v) is 3.30. The molecule has 0 atom stereocenters. The van der Waals surface area contributed by atoms with E-state index in [4.69, 9.17) is 0 Å². The summed E-state index contributed by atoms with van der Waals surface area (Å²) in [6.45, 7) is 1.76. The lowest BCUT2D eigenvalue weighted by molar-refractivity contribution is -0.274. The first-order chi connectivity index (χ1) is 10.8. The minimum absolute atomic E-state index is 0.337. The zero-order valence-electron chi connectivity index (χ0n) is 12.0. The van der Waals surface area contributed by atoms with E-state index in [0.717, 1.165) is 22.2 Å². The molecule has 0 fully saturated rings. The Balaban J connectivity index is 2.07. The summed E-state index contributed by atoms with van der Waals surface area (Å²) in [6.07, 6.45) is -4.75. The van der Waals surface area contributed by atoms with Gasteiger partial charge in [0, 0.05) is 5.39 Å². The predicted molar refractivity (Wildman–Crippen MR) is 78.8 cm³/mol. The van der Waals surface area contributed by atoms with E-state index in [1.807, 2.05) is 6.07 Å². The zero-order valence-corrected chi connectivity index (χ0v) is 12.0. The molecule has 0 amide bonds. The number of ether oxygens (including phenoxy) is 1. The first-order valence-electron chi connectivity index (χ1n) is 6.70. The van der Waals surface area contributed by atoms with Crippen LogP contribution in [0.1, 0.15) is 5.69 Å². The van der Waals surface area contributed by atoms with Crippen molar-refractivity contribution in [2.75, 3.05) is 0 Å². The van der Waals surface area contributed by atoms with Gasteiger partial charge in [-0.1, -0.05) is 18.2 Å². The van der Waals surface area contributed by atoms with Crippen LogP contribution in [0.15, 0.2) is 53.3 Å². The maximum atomic E-state index is 12.5. The monoisotopic (exact) mass is 320 g/mol. The fourth-order valence-corrected chi connectivity index (χ4v) is 2.31. The molecular formula is C16H11F3N2O2. The third-order valence-electron chi connectivity index (χ3n) is 3.30. The number of fused-ring (bicyclic) bond motifs is 1. The molecule has 23 heavy (non-hydrogen) atoms. The molecule has 2 aromatic carbocycles. The number of rotatable bonds is 2. The molecule has 0 saturated carbocycles. The summed E-state index contributed by atoms with van der Waals surface area (Å²) in [5.41, 5.74) is 0.671. The number of aryl methyl sites for hydroxylation is 1. The van der Waals surface area contributed by atoms with E-state index in [0.29, 0.717) is 16.8 Å². The van der Waals surface area contributed by atoms with Gasteiger partial charge in [0.15, 0.2) is 0 Å². The Morgan fingerprint density at radius 2 is 1.61 bits per heavy atom. The highest BCUT2D eigenvalue weighted by Gasteiger charge is 2.31. The van der Waals surface area contributed by atoms with E-state index < -0.39 is 6.36 Å². The number of benzene rings is 2. The highest BCUT2D eigenvalue weighted by atomic mass is 19.4. The number of nitrogens with zero attached hydrogens (tertiary/aromatic N) is 2. The first-order valence-corrected chi connectivity index (χ1v) is 6.70. The Hall–Kier alpha value is -2.83. The normalized spacial score (nSPS) is 11.7. The van der Waals surface area contributed by atoms with Gasteiger partial charge in [0.1, 0.15) is 5.75 Å². The van der Waals surface area contributed by atoms with E-state index in [-0.39, 0.29) is 11.3 Å². The highest BCUT2D eigenvalue weighted by Crippen LogP contribution is 2.23. The van der Waals surface area contributed by atoms with Gasteiger partial charge in [-0.05, 0) is 37.3 Å². The molecule has 1 heterocycles. The number of aromatic nitrogens is 2. The van der Waals surface area contributed by atoms with Crippen molar-refractivity contribution in [2.45, 2.75) is 13.3 Å². The Bertz CT molecular complexity index is 915. The Labute approximate surface area is 128 Å². The second-order valence-corrected chi connectivity index (χ2v) is 4.89. The van der Waals surface area contributed by atoms with Gasteiger partial charge in [-0.25, -0.2) is 0 Å². The van der Waals surface area contributed by atoms with Crippen LogP contribution in [0.3, 0.4) is 0 Å². The summed E-state index contributed by atoms with van der Waals surface area (Å²) >= 11 is 0. The van der Waals surface area contributed by atoms with Crippen LogP contribution in [0.25, 0.3) is 16.5 Å². The molecule has 0 saturated heterocycles. The summed E-state index contributed by atoms with van der Waals surface area (Å²) in [4.78, 5) is 12.5. The lowest BCUT2D eigenvalue weighted by atomic mass is 10.1. The third kappa shape index (κ3) is 3.03. The smallest absolute Gasteiger partial charge is 0.406 e. The quantitative estimate of drug-likeness (QED) is 0.725. The SMILES string of the molecule is Cc1nn(-c2ccc(OC(F)(F)F)cc2)c(=O)c2ccccc12. The predicted octanol–water partition coefficient (Wildman–Crippen LogP) is 3.59. The molecule has 3 rings (SSSR count). The summed E-state index contributed by atoms with van der Waals surface area (Å²) in [5.74, 6) is -0.355. The van der Waals surface area contributed by atoms with Crippen molar-refractivity contribution in [1.29, 1.82) is 0 Å². The molecule has 1 aromatic heterocycles. The summed E-state index contributed by atoms with van der Waals surface area (Å²) in [7, 11) is 0. The fraction of sp³-hybridized carbons (Fsp3) is 0.125. The van der Waals surface area contributed by atoms with Gasteiger partial charge in [0.2, 0.25) is 0 Å². The molecule has 0 aliphatic rings. The standard InChI is InChI=1S/C16H11F3N2O2/c1-10-13-4-2-3-5-14(13)15(22)21(20-10)11-6-8-12(9-7-11)23-16(17,18)19/h2-9H,1H3. The lowest BCUT2D eigenvalue weighted by Crippen LogP contribution is -2.22. The van der Waals surface area contributed by atoms with E-state index in [9.17, 15) is 18.0 Å². The molecule has 0 aliphatic carbocycles. The van der Waals surface area contributed by atoms with Gasteiger partial charge in [-0.3, -0.25) is 4.79 Å². The van der Waals surface area contributed by atoms with Crippen molar-refractivity contribution in [3.05, 3.63) is 64.6 Å². The van der Waals surface area contributed by atoms with Crippen molar-refractivity contribution in [1.82, 2.24) is 9.78 Å². The average Bonchev–Trinajstić information content (AvgIpc) is 2.50. The maximum Gasteiger partial charge on any atom is 0.573 e. The second kappa shape index (κ2) is 5.42. The fourth-order valence-electron chi connectivity index (χ4n) is 2.31. The Kier molecular flexibility index (Phi) is 3.55. The number of halogens is 3. The first kappa shape index (κ1) is 15.1. The van der Waals surface area contributed by atoms with Crippen LogP contribution in [0.2, 0.25) is 0 Å². The van der Waals surface area contributed by atoms with Gasteiger partial charge < -0.3 is 4.74 Å². The van der Waals surface area contributed by atoms with E-state index in [1.54, 1.807) is 25.1 Å². The van der Waals surface area contributed by atoms with E-state index in [1.165, 1.54) is 12.1 Å². The lowest BCUT2D eigenvalue weighted by Gasteiger charge is -2.11.